The minimum atomic E-state index is -0.942. The molecule has 1 atom stereocenters. The van der Waals surface area contributed by atoms with Gasteiger partial charge in [0.05, 0.1) is 6.04 Å². The molecular formula is C10H21N3O3. The minimum absolute atomic E-state index is 0.0183. The first-order valence-corrected chi connectivity index (χ1v) is 5.09. The van der Waals surface area contributed by atoms with E-state index in [9.17, 15) is 4.79 Å². The van der Waals surface area contributed by atoms with Crippen molar-refractivity contribution in [3.63, 3.8) is 0 Å². The minimum Gasteiger partial charge on any atom is -0.409 e. The van der Waals surface area contributed by atoms with Gasteiger partial charge in [-0.1, -0.05) is 19.0 Å². The molecule has 6 nitrogen and oxygen atoms in total. The Hall–Kier alpha value is -1.30. The van der Waals surface area contributed by atoms with Gasteiger partial charge in [-0.3, -0.25) is 4.79 Å². The Morgan fingerprint density at radius 3 is 2.31 bits per heavy atom. The lowest BCUT2D eigenvalue weighted by Gasteiger charge is -2.27. The number of hydrogen-bond donors (Lipinski definition) is 3. The Bertz CT molecular complexity index is 274. The predicted octanol–water partition coefficient (Wildman–Crippen LogP) is 0.299. The van der Waals surface area contributed by atoms with Crippen LogP contribution in [0.2, 0.25) is 0 Å². The summed E-state index contributed by atoms with van der Waals surface area (Å²) in [5.41, 5.74) is 4.55. The molecule has 0 radical (unpaired) electrons. The van der Waals surface area contributed by atoms with Crippen molar-refractivity contribution < 1.29 is 14.7 Å². The smallest absolute Gasteiger partial charge is 0.252 e. The number of nitrogens with two attached hydrogens (primary N) is 1. The quantitative estimate of drug-likeness (QED) is 0.274. The molecule has 1 unspecified atom stereocenters. The van der Waals surface area contributed by atoms with Crippen molar-refractivity contribution in [2.24, 2.45) is 16.8 Å². The zero-order chi connectivity index (χ0) is 12.9. The molecule has 16 heavy (non-hydrogen) atoms. The number of amidine groups is 1. The summed E-state index contributed by atoms with van der Waals surface area (Å²) in [6, 6.07) is -0.507. The van der Waals surface area contributed by atoms with Crippen LogP contribution in [0.25, 0.3) is 0 Å². The van der Waals surface area contributed by atoms with Crippen LogP contribution in [0.1, 0.15) is 27.7 Å². The topological polar surface area (TPSA) is 96.9 Å². The van der Waals surface area contributed by atoms with E-state index in [4.69, 9.17) is 15.7 Å². The van der Waals surface area contributed by atoms with Crippen LogP contribution in [0.5, 0.6) is 0 Å². The summed E-state index contributed by atoms with van der Waals surface area (Å²) >= 11 is 0. The number of hydrogen-bond acceptors (Lipinski definition) is 4. The third-order valence-corrected chi connectivity index (χ3v) is 2.44. The Labute approximate surface area is 95.8 Å². The van der Waals surface area contributed by atoms with Crippen molar-refractivity contribution in [3.8, 4) is 0 Å². The van der Waals surface area contributed by atoms with E-state index >= 15 is 0 Å². The molecule has 0 aromatic carbocycles. The fourth-order valence-electron chi connectivity index (χ4n) is 1.05. The Morgan fingerprint density at radius 2 is 2.00 bits per heavy atom. The van der Waals surface area contributed by atoms with Gasteiger partial charge in [-0.15, -0.1) is 0 Å². The largest absolute Gasteiger partial charge is 0.409 e. The number of ether oxygens (including phenoxy) is 1. The van der Waals surface area contributed by atoms with E-state index in [2.05, 4.69) is 10.5 Å². The second-order valence-corrected chi connectivity index (χ2v) is 4.43. The van der Waals surface area contributed by atoms with Gasteiger partial charge in [-0.05, 0) is 19.8 Å². The molecule has 94 valence electrons. The summed E-state index contributed by atoms with van der Waals surface area (Å²) in [5.74, 6) is -0.303. The molecule has 0 aromatic rings. The fraction of sp³-hybridized carbons (Fsp3) is 0.800. The highest BCUT2D eigenvalue weighted by Crippen LogP contribution is 2.10. The molecule has 0 saturated carbocycles. The maximum absolute atomic E-state index is 11.8. The molecule has 1 amide bonds. The van der Waals surface area contributed by atoms with Crippen LogP contribution in [-0.2, 0) is 9.53 Å². The van der Waals surface area contributed by atoms with Crippen LogP contribution >= 0.6 is 0 Å². The normalized spacial score (nSPS) is 15.0. The van der Waals surface area contributed by atoms with E-state index in [1.807, 2.05) is 13.8 Å². The summed E-state index contributed by atoms with van der Waals surface area (Å²) in [4.78, 5) is 11.8. The molecule has 0 aliphatic heterocycles. The van der Waals surface area contributed by atoms with Gasteiger partial charge >= 0.3 is 0 Å². The number of rotatable bonds is 5. The summed E-state index contributed by atoms with van der Waals surface area (Å²) in [5, 5.41) is 14.2. The number of nitrogens with zero attached hydrogens (tertiary/aromatic N) is 1. The van der Waals surface area contributed by atoms with Gasteiger partial charge in [0.15, 0.2) is 5.84 Å². The number of carbonyl (C=O) groups excluding carboxylic acids is 1. The van der Waals surface area contributed by atoms with Gasteiger partial charge < -0.3 is 21.0 Å². The number of nitrogens with one attached hydrogen (secondary N) is 1. The third kappa shape index (κ3) is 3.69. The highest BCUT2D eigenvalue weighted by molar-refractivity contribution is 5.92. The van der Waals surface area contributed by atoms with E-state index in [0.29, 0.717) is 0 Å². The number of amides is 1. The molecule has 0 spiro atoms. The first-order valence-electron chi connectivity index (χ1n) is 5.09. The van der Waals surface area contributed by atoms with E-state index in [1.165, 1.54) is 7.11 Å². The second-order valence-electron chi connectivity index (χ2n) is 4.43. The van der Waals surface area contributed by atoms with Gasteiger partial charge in [0.1, 0.15) is 5.60 Å². The van der Waals surface area contributed by atoms with Crippen LogP contribution in [0.4, 0.5) is 0 Å². The van der Waals surface area contributed by atoms with Gasteiger partial charge in [0, 0.05) is 7.11 Å². The first-order chi connectivity index (χ1) is 7.26. The lowest BCUT2D eigenvalue weighted by atomic mass is 10.0. The van der Waals surface area contributed by atoms with Crippen molar-refractivity contribution >= 4 is 11.7 Å². The highest BCUT2D eigenvalue weighted by Gasteiger charge is 2.31. The van der Waals surface area contributed by atoms with E-state index in [0.717, 1.165) is 0 Å². The Balaban J connectivity index is 4.73. The van der Waals surface area contributed by atoms with E-state index in [-0.39, 0.29) is 17.7 Å². The number of methoxy groups -OCH3 is 1. The molecule has 4 N–H and O–H groups in total. The highest BCUT2D eigenvalue weighted by atomic mass is 16.5. The molecule has 0 aliphatic rings. The lowest BCUT2D eigenvalue weighted by Crippen LogP contribution is -2.54. The van der Waals surface area contributed by atoms with E-state index < -0.39 is 11.6 Å². The Morgan fingerprint density at radius 1 is 1.50 bits per heavy atom. The van der Waals surface area contributed by atoms with Crippen LogP contribution in [0.3, 0.4) is 0 Å². The lowest BCUT2D eigenvalue weighted by molar-refractivity contribution is -0.140. The molecule has 0 aromatic heterocycles. The van der Waals surface area contributed by atoms with Gasteiger partial charge in [0.2, 0.25) is 0 Å². The van der Waals surface area contributed by atoms with Gasteiger partial charge in [-0.25, -0.2) is 0 Å². The van der Waals surface area contributed by atoms with Gasteiger partial charge in [-0.2, -0.15) is 0 Å². The van der Waals surface area contributed by atoms with Crippen molar-refractivity contribution in [3.05, 3.63) is 0 Å². The zero-order valence-electron chi connectivity index (χ0n) is 10.4. The molecule has 0 saturated heterocycles. The van der Waals surface area contributed by atoms with Crippen LogP contribution < -0.4 is 11.1 Å². The second kappa shape index (κ2) is 5.69. The predicted molar refractivity (Wildman–Crippen MR) is 61.3 cm³/mol. The summed E-state index contributed by atoms with van der Waals surface area (Å²) in [7, 11) is 1.45. The van der Waals surface area contributed by atoms with Crippen molar-refractivity contribution in [1.82, 2.24) is 5.32 Å². The monoisotopic (exact) mass is 231 g/mol. The van der Waals surface area contributed by atoms with Gasteiger partial charge in [0.25, 0.3) is 5.91 Å². The van der Waals surface area contributed by atoms with Crippen LogP contribution in [-0.4, -0.2) is 35.7 Å². The maximum Gasteiger partial charge on any atom is 0.252 e. The number of carbonyl (C=O) groups is 1. The SMILES string of the molecule is COC(C)(C)C(=O)NC(C(N)=NO)C(C)C. The zero-order valence-corrected chi connectivity index (χ0v) is 10.4. The molecule has 0 aliphatic carbocycles. The summed E-state index contributed by atoms with van der Waals surface area (Å²) in [6.45, 7) is 7.02. The average Bonchev–Trinajstić information content (AvgIpc) is 2.23. The Kier molecular flexibility index (Phi) is 5.23. The standard InChI is InChI=1S/C10H21N3O3/c1-6(2)7(8(11)13-15)12-9(14)10(3,4)16-5/h6-7,15H,1-5H3,(H2,11,13)(H,12,14). The van der Waals surface area contributed by atoms with Crippen LogP contribution in [0.15, 0.2) is 5.16 Å². The fourth-order valence-corrected chi connectivity index (χ4v) is 1.05. The first kappa shape index (κ1) is 14.7. The molecule has 0 fully saturated rings. The summed E-state index contributed by atoms with van der Waals surface area (Å²) in [6.07, 6.45) is 0. The van der Waals surface area contributed by atoms with E-state index in [1.54, 1.807) is 13.8 Å². The molecule has 0 bridgehead atoms. The molecule has 6 heteroatoms. The van der Waals surface area contributed by atoms with Crippen molar-refractivity contribution in [1.29, 1.82) is 0 Å². The van der Waals surface area contributed by atoms with Crippen LogP contribution in [0, 0.1) is 5.92 Å². The van der Waals surface area contributed by atoms with Crippen molar-refractivity contribution in [2.45, 2.75) is 39.3 Å². The number of oxime groups is 1. The van der Waals surface area contributed by atoms with Crippen molar-refractivity contribution in [2.75, 3.05) is 7.11 Å². The molecular weight excluding hydrogens is 210 g/mol. The molecule has 0 rings (SSSR count). The maximum atomic E-state index is 11.8. The average molecular weight is 231 g/mol. The third-order valence-electron chi connectivity index (χ3n) is 2.44. The summed E-state index contributed by atoms with van der Waals surface area (Å²) < 4.78 is 5.04. The molecule has 0 heterocycles.